The molecule has 0 aliphatic heterocycles. The number of halogens is 1. The first-order valence-corrected chi connectivity index (χ1v) is 9.28. The molecule has 0 fully saturated rings. The van der Waals surface area contributed by atoms with Crippen LogP contribution in [0.4, 0.5) is 0 Å². The van der Waals surface area contributed by atoms with Crippen LogP contribution in [0.5, 0.6) is 0 Å². The van der Waals surface area contributed by atoms with Crippen molar-refractivity contribution in [3.8, 4) is 0 Å². The summed E-state index contributed by atoms with van der Waals surface area (Å²) in [6, 6.07) is 4.37. The molecule has 0 N–H and O–H groups in total. The van der Waals surface area contributed by atoms with Crippen LogP contribution in [0.2, 0.25) is 0 Å². The molecule has 0 saturated heterocycles. The lowest BCUT2D eigenvalue weighted by Crippen LogP contribution is -1.97. The fourth-order valence-electron chi connectivity index (χ4n) is 3.12. The number of pyridine rings is 1. The topological polar surface area (TPSA) is 12.9 Å². The summed E-state index contributed by atoms with van der Waals surface area (Å²) in [6.45, 7) is 4.59. The number of rotatable bonds is 13. The van der Waals surface area contributed by atoms with Crippen LogP contribution in [0.25, 0.3) is 0 Å². The predicted molar refractivity (Wildman–Crippen MR) is 101 cm³/mol. The number of hydrogen-bond donors (Lipinski definition) is 0. The maximum atomic E-state index is 4.12. The summed E-state index contributed by atoms with van der Waals surface area (Å²) < 4.78 is 0. The van der Waals surface area contributed by atoms with Crippen LogP contribution in [0.15, 0.2) is 24.5 Å². The van der Waals surface area contributed by atoms with E-state index in [-0.39, 0.29) is 12.4 Å². The van der Waals surface area contributed by atoms with Gasteiger partial charge in [0.2, 0.25) is 0 Å². The number of aromatic nitrogens is 1. The number of unbranched alkanes of at least 4 members (excludes halogenated alkanes) is 9. The predicted octanol–water partition coefficient (Wildman–Crippen LogP) is 7.31. The first-order chi connectivity index (χ1) is 10.4. The molecule has 0 bridgehead atoms. The lowest BCUT2D eigenvalue weighted by atomic mass is 9.91. The van der Waals surface area contributed by atoms with Crippen molar-refractivity contribution in [3.63, 3.8) is 0 Å². The van der Waals surface area contributed by atoms with E-state index < -0.39 is 0 Å². The fraction of sp³-hybridized carbons (Fsp3) is 0.750. The van der Waals surface area contributed by atoms with Gasteiger partial charge in [-0.25, -0.2) is 0 Å². The summed E-state index contributed by atoms with van der Waals surface area (Å²) in [7, 11) is 0. The monoisotopic (exact) mass is 325 g/mol. The molecule has 1 unspecified atom stereocenters. The molecule has 1 aromatic rings. The van der Waals surface area contributed by atoms with Crippen molar-refractivity contribution in [3.05, 3.63) is 30.1 Å². The van der Waals surface area contributed by atoms with E-state index in [1.165, 1.54) is 82.6 Å². The Labute approximate surface area is 144 Å². The third-order valence-electron chi connectivity index (χ3n) is 4.58. The largest absolute Gasteiger partial charge is 0.265 e. The molecule has 0 amide bonds. The molecule has 0 aromatic carbocycles. The Balaban J connectivity index is 0.00000441. The third kappa shape index (κ3) is 10.2. The van der Waals surface area contributed by atoms with Gasteiger partial charge in [0.15, 0.2) is 0 Å². The van der Waals surface area contributed by atoms with Gasteiger partial charge in [-0.3, -0.25) is 4.98 Å². The third-order valence-corrected chi connectivity index (χ3v) is 4.58. The summed E-state index contributed by atoms with van der Waals surface area (Å²) in [5.41, 5.74) is 1.48. The molecule has 0 radical (unpaired) electrons. The second kappa shape index (κ2) is 15.3. The first-order valence-electron chi connectivity index (χ1n) is 9.28. The average Bonchev–Trinajstić information content (AvgIpc) is 2.54. The molecular formula is C20H36ClN. The average molecular weight is 326 g/mol. The number of nitrogens with zero attached hydrogens (tertiary/aromatic N) is 1. The Morgan fingerprint density at radius 1 is 0.773 bits per heavy atom. The van der Waals surface area contributed by atoms with Crippen LogP contribution in [-0.2, 0) is 0 Å². The van der Waals surface area contributed by atoms with E-state index in [9.17, 15) is 0 Å². The minimum atomic E-state index is 0. The van der Waals surface area contributed by atoms with Gasteiger partial charge >= 0.3 is 0 Å². The lowest BCUT2D eigenvalue weighted by Gasteiger charge is -2.14. The van der Waals surface area contributed by atoms with Crippen LogP contribution in [0, 0.1) is 0 Å². The lowest BCUT2D eigenvalue weighted by molar-refractivity contribution is 0.517. The molecule has 0 saturated carbocycles. The standard InChI is InChI=1S/C20H35N.ClH/c1-3-5-6-7-8-9-10-11-12-13-14-19(4-2)20-15-17-21-18-16-20;/h15-19H,3-14H2,1-2H3;1H. The normalized spacial score (nSPS) is 11.9. The van der Waals surface area contributed by atoms with E-state index in [2.05, 4.69) is 31.0 Å². The molecule has 1 heterocycles. The van der Waals surface area contributed by atoms with Gasteiger partial charge in [0.25, 0.3) is 0 Å². The quantitative estimate of drug-likeness (QED) is 0.346. The molecule has 1 atom stereocenters. The maximum absolute atomic E-state index is 4.12. The molecule has 0 aliphatic carbocycles. The van der Waals surface area contributed by atoms with E-state index in [0.29, 0.717) is 0 Å². The Morgan fingerprint density at radius 2 is 1.27 bits per heavy atom. The molecule has 0 aliphatic rings. The maximum Gasteiger partial charge on any atom is 0.0270 e. The molecule has 1 aromatic heterocycles. The molecule has 0 spiro atoms. The highest BCUT2D eigenvalue weighted by Gasteiger charge is 2.08. The van der Waals surface area contributed by atoms with Crippen LogP contribution in [0.3, 0.4) is 0 Å². The van der Waals surface area contributed by atoms with Gasteiger partial charge in [-0.1, -0.05) is 78.1 Å². The van der Waals surface area contributed by atoms with E-state index in [1.807, 2.05) is 12.4 Å². The smallest absolute Gasteiger partial charge is 0.0270 e. The van der Waals surface area contributed by atoms with Crippen molar-refractivity contribution in [2.24, 2.45) is 0 Å². The highest BCUT2D eigenvalue weighted by Crippen LogP contribution is 2.25. The van der Waals surface area contributed by atoms with Crippen molar-refractivity contribution >= 4 is 12.4 Å². The van der Waals surface area contributed by atoms with Gasteiger partial charge < -0.3 is 0 Å². The van der Waals surface area contributed by atoms with E-state index in [4.69, 9.17) is 0 Å². The van der Waals surface area contributed by atoms with Gasteiger partial charge in [-0.15, -0.1) is 12.4 Å². The van der Waals surface area contributed by atoms with Gasteiger partial charge in [0.1, 0.15) is 0 Å². The summed E-state index contributed by atoms with van der Waals surface area (Å²) >= 11 is 0. The second-order valence-electron chi connectivity index (χ2n) is 6.36. The van der Waals surface area contributed by atoms with Gasteiger partial charge in [-0.05, 0) is 36.5 Å². The fourth-order valence-corrected chi connectivity index (χ4v) is 3.12. The minimum Gasteiger partial charge on any atom is -0.265 e. The Bertz CT molecular complexity index is 326. The van der Waals surface area contributed by atoms with E-state index in [1.54, 1.807) is 0 Å². The van der Waals surface area contributed by atoms with E-state index >= 15 is 0 Å². The van der Waals surface area contributed by atoms with Gasteiger partial charge in [0, 0.05) is 12.4 Å². The van der Waals surface area contributed by atoms with Crippen LogP contribution in [0.1, 0.15) is 102 Å². The molecule has 1 rings (SSSR count). The zero-order valence-electron chi connectivity index (χ0n) is 14.7. The van der Waals surface area contributed by atoms with Crippen molar-refractivity contribution in [1.29, 1.82) is 0 Å². The highest BCUT2D eigenvalue weighted by molar-refractivity contribution is 5.85. The van der Waals surface area contributed by atoms with Crippen molar-refractivity contribution in [1.82, 2.24) is 4.98 Å². The van der Waals surface area contributed by atoms with Crippen molar-refractivity contribution < 1.29 is 0 Å². The molecule has 128 valence electrons. The zero-order chi connectivity index (χ0) is 15.2. The van der Waals surface area contributed by atoms with Crippen molar-refractivity contribution in [2.45, 2.75) is 96.8 Å². The Morgan fingerprint density at radius 3 is 1.77 bits per heavy atom. The zero-order valence-corrected chi connectivity index (χ0v) is 15.5. The van der Waals surface area contributed by atoms with Crippen molar-refractivity contribution in [2.75, 3.05) is 0 Å². The summed E-state index contributed by atoms with van der Waals surface area (Å²) in [6.07, 6.45) is 20.7. The Kier molecular flexibility index (Phi) is 14.9. The Hall–Kier alpha value is -0.560. The number of hydrogen-bond acceptors (Lipinski definition) is 1. The second-order valence-corrected chi connectivity index (χ2v) is 6.36. The summed E-state index contributed by atoms with van der Waals surface area (Å²) in [5.74, 6) is 0.738. The first kappa shape index (κ1) is 21.4. The molecular weight excluding hydrogens is 290 g/mol. The minimum absolute atomic E-state index is 0. The van der Waals surface area contributed by atoms with Gasteiger partial charge in [0.05, 0.1) is 0 Å². The van der Waals surface area contributed by atoms with Crippen LogP contribution < -0.4 is 0 Å². The molecule has 22 heavy (non-hydrogen) atoms. The molecule has 1 nitrogen and oxygen atoms in total. The van der Waals surface area contributed by atoms with E-state index in [0.717, 1.165) is 5.92 Å². The highest BCUT2D eigenvalue weighted by atomic mass is 35.5. The SMILES string of the molecule is CCCCCCCCCCCCC(CC)c1ccncc1.Cl. The molecule has 2 heteroatoms. The summed E-state index contributed by atoms with van der Waals surface area (Å²) in [4.78, 5) is 4.12. The van der Waals surface area contributed by atoms with Gasteiger partial charge in [-0.2, -0.15) is 0 Å². The summed E-state index contributed by atoms with van der Waals surface area (Å²) in [5, 5.41) is 0. The van der Waals surface area contributed by atoms with Crippen LogP contribution >= 0.6 is 12.4 Å². The van der Waals surface area contributed by atoms with Crippen LogP contribution in [-0.4, -0.2) is 4.98 Å².